The van der Waals surface area contributed by atoms with Crippen molar-refractivity contribution in [2.24, 2.45) is 0 Å². The highest BCUT2D eigenvalue weighted by molar-refractivity contribution is 6.10. The Balaban J connectivity index is 2.08. The summed E-state index contributed by atoms with van der Waals surface area (Å²) >= 11 is 0. The monoisotopic (exact) mass is 322 g/mol. The Bertz CT molecular complexity index is 784. The second kappa shape index (κ2) is 7.08. The van der Waals surface area contributed by atoms with E-state index in [2.05, 4.69) is 6.08 Å². The molecule has 1 amide bonds. The van der Waals surface area contributed by atoms with Gasteiger partial charge in [-0.3, -0.25) is 19.8 Å². The van der Waals surface area contributed by atoms with Gasteiger partial charge in [0.1, 0.15) is 5.56 Å². The highest BCUT2D eigenvalue weighted by Crippen LogP contribution is 2.30. The van der Waals surface area contributed by atoms with Crippen LogP contribution in [0.15, 0.2) is 66.4 Å². The molecule has 0 fully saturated rings. The van der Waals surface area contributed by atoms with Gasteiger partial charge in [-0.25, -0.2) is 0 Å². The van der Waals surface area contributed by atoms with Gasteiger partial charge in [0.25, 0.3) is 11.6 Å². The SMILES string of the molecule is O=C(c1ccccc1[N+](=O)[O-])N(C1=CCCCC1)c1ccccc1. The van der Waals surface area contributed by atoms with Gasteiger partial charge in [0.05, 0.1) is 4.92 Å². The van der Waals surface area contributed by atoms with Crippen LogP contribution in [0.5, 0.6) is 0 Å². The number of nitro groups is 1. The van der Waals surface area contributed by atoms with Crippen molar-refractivity contribution >= 4 is 17.3 Å². The average molecular weight is 322 g/mol. The van der Waals surface area contributed by atoms with Crippen LogP contribution in [0.2, 0.25) is 0 Å². The van der Waals surface area contributed by atoms with Crippen LogP contribution < -0.4 is 4.90 Å². The third kappa shape index (κ3) is 3.20. The smallest absolute Gasteiger partial charge is 0.281 e. The summed E-state index contributed by atoms with van der Waals surface area (Å²) in [7, 11) is 0. The van der Waals surface area contributed by atoms with E-state index in [1.165, 1.54) is 12.1 Å². The van der Waals surface area contributed by atoms with E-state index >= 15 is 0 Å². The summed E-state index contributed by atoms with van der Waals surface area (Å²) in [6.07, 6.45) is 5.89. The molecule has 0 saturated carbocycles. The van der Waals surface area contributed by atoms with Crippen LogP contribution in [-0.2, 0) is 0 Å². The van der Waals surface area contributed by atoms with Gasteiger partial charge < -0.3 is 0 Å². The molecule has 2 aromatic carbocycles. The average Bonchev–Trinajstić information content (AvgIpc) is 2.63. The molecule has 1 aliphatic carbocycles. The molecule has 0 unspecified atom stereocenters. The normalized spacial score (nSPS) is 13.9. The number of carbonyl (C=O) groups excluding carboxylic acids is 1. The number of allylic oxidation sites excluding steroid dienone is 2. The van der Waals surface area contributed by atoms with Crippen LogP contribution in [0.4, 0.5) is 11.4 Å². The molecule has 0 radical (unpaired) electrons. The Morgan fingerprint density at radius 2 is 1.71 bits per heavy atom. The lowest BCUT2D eigenvalue weighted by Crippen LogP contribution is -2.31. The summed E-state index contributed by atoms with van der Waals surface area (Å²) in [5.74, 6) is -0.360. The summed E-state index contributed by atoms with van der Waals surface area (Å²) in [6, 6.07) is 15.4. The van der Waals surface area contributed by atoms with Crippen molar-refractivity contribution in [2.45, 2.75) is 25.7 Å². The minimum absolute atomic E-state index is 0.109. The van der Waals surface area contributed by atoms with E-state index in [1.54, 1.807) is 17.0 Å². The molecule has 3 rings (SSSR count). The lowest BCUT2D eigenvalue weighted by molar-refractivity contribution is -0.385. The number of para-hydroxylation sites is 2. The molecule has 24 heavy (non-hydrogen) atoms. The van der Waals surface area contributed by atoms with Gasteiger partial charge in [-0.1, -0.05) is 36.4 Å². The Labute approximate surface area is 140 Å². The maximum atomic E-state index is 13.2. The molecule has 2 aromatic rings. The molecule has 0 atom stereocenters. The van der Waals surface area contributed by atoms with Crippen molar-refractivity contribution in [2.75, 3.05) is 4.90 Å². The maximum absolute atomic E-state index is 13.2. The van der Waals surface area contributed by atoms with E-state index in [4.69, 9.17) is 0 Å². The molecule has 0 N–H and O–H groups in total. The van der Waals surface area contributed by atoms with Gasteiger partial charge in [0, 0.05) is 17.5 Å². The first kappa shape index (κ1) is 15.9. The van der Waals surface area contributed by atoms with E-state index in [0.717, 1.165) is 37.1 Å². The predicted molar refractivity (Wildman–Crippen MR) is 92.9 cm³/mol. The molecule has 0 bridgehead atoms. The van der Waals surface area contributed by atoms with Gasteiger partial charge in [0.2, 0.25) is 0 Å². The molecule has 0 heterocycles. The zero-order chi connectivity index (χ0) is 16.9. The first-order valence-electron chi connectivity index (χ1n) is 8.00. The number of anilines is 1. The summed E-state index contributed by atoms with van der Waals surface area (Å²) in [5, 5.41) is 11.3. The summed E-state index contributed by atoms with van der Waals surface area (Å²) < 4.78 is 0. The van der Waals surface area contributed by atoms with E-state index in [-0.39, 0.29) is 17.2 Å². The lowest BCUT2D eigenvalue weighted by atomic mass is 10.0. The Morgan fingerprint density at radius 3 is 2.38 bits per heavy atom. The van der Waals surface area contributed by atoms with Crippen LogP contribution in [-0.4, -0.2) is 10.8 Å². The molecule has 0 aliphatic heterocycles. The maximum Gasteiger partial charge on any atom is 0.282 e. The quantitative estimate of drug-likeness (QED) is 0.605. The Hall–Kier alpha value is -2.95. The number of rotatable bonds is 4. The summed E-state index contributed by atoms with van der Waals surface area (Å²) in [4.78, 5) is 25.5. The lowest BCUT2D eigenvalue weighted by Gasteiger charge is -2.27. The van der Waals surface area contributed by atoms with E-state index in [1.807, 2.05) is 30.3 Å². The number of hydrogen-bond donors (Lipinski definition) is 0. The van der Waals surface area contributed by atoms with Gasteiger partial charge in [-0.15, -0.1) is 0 Å². The first-order valence-corrected chi connectivity index (χ1v) is 8.00. The van der Waals surface area contributed by atoms with E-state index in [0.29, 0.717) is 0 Å². The molecular weight excluding hydrogens is 304 g/mol. The number of nitro benzene ring substituents is 1. The number of amides is 1. The molecular formula is C19H18N2O3. The molecule has 0 saturated heterocycles. The molecule has 122 valence electrons. The number of benzene rings is 2. The predicted octanol–water partition coefficient (Wildman–Crippen LogP) is 4.70. The van der Waals surface area contributed by atoms with Crippen LogP contribution in [0.3, 0.4) is 0 Å². The van der Waals surface area contributed by atoms with Crippen molar-refractivity contribution in [1.29, 1.82) is 0 Å². The van der Waals surface area contributed by atoms with Gasteiger partial charge in [0.15, 0.2) is 0 Å². The van der Waals surface area contributed by atoms with Crippen LogP contribution in [0, 0.1) is 10.1 Å². The molecule has 5 nitrogen and oxygen atoms in total. The van der Waals surface area contributed by atoms with Crippen LogP contribution in [0.25, 0.3) is 0 Å². The molecule has 1 aliphatic rings. The number of nitrogens with zero attached hydrogens (tertiary/aromatic N) is 2. The fourth-order valence-electron chi connectivity index (χ4n) is 2.95. The zero-order valence-electron chi connectivity index (χ0n) is 13.2. The van der Waals surface area contributed by atoms with E-state index in [9.17, 15) is 14.9 Å². The first-order chi connectivity index (χ1) is 11.7. The zero-order valence-corrected chi connectivity index (χ0v) is 13.2. The highest BCUT2D eigenvalue weighted by atomic mass is 16.6. The van der Waals surface area contributed by atoms with Crippen molar-refractivity contribution in [1.82, 2.24) is 0 Å². The number of hydrogen-bond acceptors (Lipinski definition) is 3. The second-order valence-electron chi connectivity index (χ2n) is 5.69. The van der Waals surface area contributed by atoms with Crippen molar-refractivity contribution in [3.8, 4) is 0 Å². The fraction of sp³-hybridized carbons (Fsp3) is 0.211. The molecule has 5 heteroatoms. The molecule has 0 spiro atoms. The fourth-order valence-corrected chi connectivity index (χ4v) is 2.95. The topological polar surface area (TPSA) is 63.4 Å². The molecule has 0 aromatic heterocycles. The van der Waals surface area contributed by atoms with Crippen molar-refractivity contribution in [3.05, 3.63) is 82.0 Å². The van der Waals surface area contributed by atoms with E-state index < -0.39 is 4.92 Å². The van der Waals surface area contributed by atoms with Gasteiger partial charge >= 0.3 is 0 Å². The van der Waals surface area contributed by atoms with Crippen LogP contribution >= 0.6 is 0 Å². The second-order valence-corrected chi connectivity index (χ2v) is 5.69. The van der Waals surface area contributed by atoms with Gasteiger partial charge in [-0.05, 0) is 43.9 Å². The Morgan fingerprint density at radius 1 is 1.00 bits per heavy atom. The summed E-state index contributed by atoms with van der Waals surface area (Å²) in [6.45, 7) is 0. The minimum atomic E-state index is -0.508. The minimum Gasteiger partial charge on any atom is -0.281 e. The van der Waals surface area contributed by atoms with Crippen molar-refractivity contribution < 1.29 is 9.72 Å². The van der Waals surface area contributed by atoms with Gasteiger partial charge in [-0.2, -0.15) is 0 Å². The third-order valence-electron chi connectivity index (χ3n) is 4.10. The standard InChI is InChI=1S/C19H18N2O3/c22-19(17-13-7-8-14-18(17)21(23)24)20(15-9-3-1-4-10-15)16-11-5-2-6-12-16/h1,3-4,7-11,13-14H,2,5-6,12H2. The largest absolute Gasteiger partial charge is 0.282 e. The number of carbonyl (C=O) groups is 1. The van der Waals surface area contributed by atoms with Crippen molar-refractivity contribution in [3.63, 3.8) is 0 Å². The Kier molecular flexibility index (Phi) is 4.70. The highest BCUT2D eigenvalue weighted by Gasteiger charge is 2.27. The third-order valence-corrected chi connectivity index (χ3v) is 4.10. The summed E-state index contributed by atoms with van der Waals surface area (Å²) in [5.41, 5.74) is 1.59. The van der Waals surface area contributed by atoms with Crippen LogP contribution in [0.1, 0.15) is 36.0 Å².